The van der Waals surface area contributed by atoms with Gasteiger partial charge in [0.15, 0.2) is 0 Å². The minimum absolute atomic E-state index is 0.784. The number of hydrogen-bond donors (Lipinski definition) is 2. The molecule has 0 fully saturated rings. The molecule has 0 aliphatic rings. The van der Waals surface area contributed by atoms with E-state index in [1.54, 1.807) is 7.11 Å². The molecule has 5 nitrogen and oxygen atoms in total. The molecule has 3 rings (SSSR count). The van der Waals surface area contributed by atoms with Gasteiger partial charge in [0.1, 0.15) is 23.5 Å². The number of benzene rings is 1. The lowest BCUT2D eigenvalue weighted by Gasteiger charge is -2.07. The van der Waals surface area contributed by atoms with Crippen LogP contribution in [0, 0.1) is 0 Å². The molecular weight excluding hydrogens is 228 g/mol. The maximum atomic E-state index is 5.12. The first-order valence-electron chi connectivity index (χ1n) is 5.56. The highest BCUT2D eigenvalue weighted by molar-refractivity contribution is 5.88. The normalized spacial score (nSPS) is 10.5. The number of hydrogen-bond acceptors (Lipinski definition) is 4. The Kier molecular flexibility index (Phi) is 2.57. The van der Waals surface area contributed by atoms with Crippen molar-refractivity contribution in [1.29, 1.82) is 0 Å². The molecule has 0 aliphatic heterocycles. The average molecular weight is 240 g/mol. The molecule has 0 atom stereocenters. The summed E-state index contributed by atoms with van der Waals surface area (Å²) in [5, 5.41) is 4.22. The molecule has 3 aromatic rings. The van der Waals surface area contributed by atoms with Gasteiger partial charge in [-0.15, -0.1) is 0 Å². The van der Waals surface area contributed by atoms with Crippen molar-refractivity contribution in [3.05, 3.63) is 42.9 Å². The van der Waals surface area contributed by atoms with Crippen LogP contribution in [0.15, 0.2) is 42.9 Å². The molecule has 0 radical (unpaired) electrons. The Hall–Kier alpha value is -2.56. The van der Waals surface area contributed by atoms with E-state index >= 15 is 0 Å². The van der Waals surface area contributed by atoms with Crippen molar-refractivity contribution in [1.82, 2.24) is 15.0 Å². The fourth-order valence-electron chi connectivity index (χ4n) is 1.78. The number of H-pyrrole nitrogens is 1. The summed E-state index contributed by atoms with van der Waals surface area (Å²) in [6, 6.07) is 9.63. The zero-order valence-corrected chi connectivity index (χ0v) is 9.84. The van der Waals surface area contributed by atoms with Crippen LogP contribution in [0.25, 0.3) is 11.0 Å². The Bertz CT molecular complexity index is 660. The standard InChI is InChI=1S/C13H12N4O/c1-18-10-4-2-9(3-5-10)17-13-11-6-7-14-12(11)15-8-16-13/h2-8H,1H3,(H2,14,15,16,17). The van der Waals surface area contributed by atoms with Crippen LogP contribution >= 0.6 is 0 Å². The minimum atomic E-state index is 0.784. The van der Waals surface area contributed by atoms with Crippen LogP contribution in [0.1, 0.15) is 0 Å². The quantitative estimate of drug-likeness (QED) is 0.738. The van der Waals surface area contributed by atoms with Crippen molar-refractivity contribution in [3.8, 4) is 5.75 Å². The molecule has 5 heteroatoms. The lowest BCUT2D eigenvalue weighted by molar-refractivity contribution is 0.415. The number of anilines is 2. The number of ether oxygens (including phenoxy) is 1. The zero-order chi connectivity index (χ0) is 12.4. The van der Waals surface area contributed by atoms with Gasteiger partial charge in [0.25, 0.3) is 0 Å². The highest BCUT2D eigenvalue weighted by Gasteiger charge is 2.04. The molecular formula is C13H12N4O. The Morgan fingerprint density at radius 1 is 1.11 bits per heavy atom. The summed E-state index contributed by atoms with van der Waals surface area (Å²) >= 11 is 0. The predicted molar refractivity (Wildman–Crippen MR) is 70.2 cm³/mol. The number of fused-ring (bicyclic) bond motifs is 1. The van der Waals surface area contributed by atoms with E-state index in [1.807, 2.05) is 36.5 Å². The number of aromatic nitrogens is 3. The molecule has 90 valence electrons. The second kappa shape index (κ2) is 4.37. The van der Waals surface area contributed by atoms with E-state index in [0.29, 0.717) is 0 Å². The summed E-state index contributed by atoms with van der Waals surface area (Å²) < 4.78 is 5.12. The highest BCUT2D eigenvalue weighted by Crippen LogP contribution is 2.23. The van der Waals surface area contributed by atoms with Crippen LogP contribution in [0.5, 0.6) is 5.75 Å². The third kappa shape index (κ3) is 1.86. The Labute approximate surface area is 104 Å². The summed E-state index contributed by atoms with van der Waals surface area (Å²) in [6.07, 6.45) is 3.38. The van der Waals surface area contributed by atoms with E-state index in [9.17, 15) is 0 Å². The van der Waals surface area contributed by atoms with Crippen molar-refractivity contribution in [2.24, 2.45) is 0 Å². The summed E-state index contributed by atoms with van der Waals surface area (Å²) in [6.45, 7) is 0. The lowest BCUT2D eigenvalue weighted by atomic mass is 10.3. The predicted octanol–water partition coefficient (Wildman–Crippen LogP) is 2.71. The van der Waals surface area contributed by atoms with Gasteiger partial charge in [-0.1, -0.05) is 0 Å². The van der Waals surface area contributed by atoms with E-state index in [0.717, 1.165) is 28.3 Å². The van der Waals surface area contributed by atoms with E-state index in [2.05, 4.69) is 20.3 Å². The topological polar surface area (TPSA) is 62.8 Å². The van der Waals surface area contributed by atoms with Crippen molar-refractivity contribution in [3.63, 3.8) is 0 Å². The maximum Gasteiger partial charge on any atom is 0.143 e. The Balaban J connectivity index is 1.93. The zero-order valence-electron chi connectivity index (χ0n) is 9.84. The van der Waals surface area contributed by atoms with Crippen molar-refractivity contribution in [2.45, 2.75) is 0 Å². The van der Waals surface area contributed by atoms with Crippen molar-refractivity contribution >= 4 is 22.5 Å². The second-order valence-electron chi connectivity index (χ2n) is 3.82. The number of rotatable bonds is 3. The Morgan fingerprint density at radius 3 is 2.72 bits per heavy atom. The van der Waals surface area contributed by atoms with Crippen LogP contribution < -0.4 is 10.1 Å². The molecule has 2 heterocycles. The maximum absolute atomic E-state index is 5.12. The number of nitrogens with one attached hydrogen (secondary N) is 2. The Morgan fingerprint density at radius 2 is 1.94 bits per heavy atom. The van der Waals surface area contributed by atoms with Gasteiger partial charge in [-0.05, 0) is 30.3 Å². The monoisotopic (exact) mass is 240 g/mol. The molecule has 1 aromatic carbocycles. The molecule has 0 saturated heterocycles. The second-order valence-corrected chi connectivity index (χ2v) is 3.82. The minimum Gasteiger partial charge on any atom is -0.497 e. The van der Waals surface area contributed by atoms with Crippen LogP contribution in [0.4, 0.5) is 11.5 Å². The van der Waals surface area contributed by atoms with Crippen molar-refractivity contribution < 1.29 is 4.74 Å². The SMILES string of the molecule is COc1ccc(Nc2ncnc3[nH]ccc23)cc1. The molecule has 2 N–H and O–H groups in total. The van der Waals surface area contributed by atoms with Crippen LogP contribution in [-0.2, 0) is 0 Å². The average Bonchev–Trinajstić information content (AvgIpc) is 2.89. The third-order valence-electron chi connectivity index (χ3n) is 2.71. The highest BCUT2D eigenvalue weighted by atomic mass is 16.5. The molecule has 2 aromatic heterocycles. The van der Waals surface area contributed by atoms with Crippen LogP contribution in [0.3, 0.4) is 0 Å². The van der Waals surface area contributed by atoms with Gasteiger partial charge < -0.3 is 15.0 Å². The lowest BCUT2D eigenvalue weighted by Crippen LogP contribution is -1.95. The molecule has 18 heavy (non-hydrogen) atoms. The van der Waals surface area contributed by atoms with Crippen molar-refractivity contribution in [2.75, 3.05) is 12.4 Å². The van der Waals surface area contributed by atoms with Crippen LogP contribution in [0.2, 0.25) is 0 Å². The van der Waals surface area contributed by atoms with Crippen LogP contribution in [-0.4, -0.2) is 22.1 Å². The van der Waals surface area contributed by atoms with E-state index in [1.165, 1.54) is 6.33 Å². The van der Waals surface area contributed by atoms with Gasteiger partial charge in [0.2, 0.25) is 0 Å². The molecule has 0 unspecified atom stereocenters. The summed E-state index contributed by atoms with van der Waals surface area (Å²) in [5.41, 5.74) is 1.78. The largest absolute Gasteiger partial charge is 0.497 e. The summed E-state index contributed by atoms with van der Waals surface area (Å²) in [7, 11) is 1.65. The number of aromatic amines is 1. The number of nitrogens with zero attached hydrogens (tertiary/aromatic N) is 2. The third-order valence-corrected chi connectivity index (χ3v) is 2.71. The summed E-state index contributed by atoms with van der Waals surface area (Å²) in [5.74, 6) is 1.61. The molecule has 0 amide bonds. The van der Waals surface area contributed by atoms with Gasteiger partial charge >= 0.3 is 0 Å². The van der Waals surface area contributed by atoms with Gasteiger partial charge in [0, 0.05) is 11.9 Å². The van der Waals surface area contributed by atoms with Gasteiger partial charge in [-0.3, -0.25) is 0 Å². The van der Waals surface area contributed by atoms with E-state index in [-0.39, 0.29) is 0 Å². The van der Waals surface area contributed by atoms with Gasteiger partial charge in [-0.25, -0.2) is 9.97 Å². The molecule has 0 aliphatic carbocycles. The summed E-state index contributed by atoms with van der Waals surface area (Å²) in [4.78, 5) is 11.4. The number of methoxy groups -OCH3 is 1. The molecule has 0 spiro atoms. The first-order valence-corrected chi connectivity index (χ1v) is 5.56. The fourth-order valence-corrected chi connectivity index (χ4v) is 1.78. The first kappa shape index (κ1) is 10.6. The van der Waals surface area contributed by atoms with E-state index < -0.39 is 0 Å². The van der Waals surface area contributed by atoms with E-state index in [4.69, 9.17) is 4.74 Å². The van der Waals surface area contributed by atoms with Gasteiger partial charge in [0.05, 0.1) is 12.5 Å². The molecule has 0 saturated carbocycles. The fraction of sp³-hybridized carbons (Fsp3) is 0.0769. The smallest absolute Gasteiger partial charge is 0.143 e. The first-order chi connectivity index (χ1) is 8.86. The molecule has 0 bridgehead atoms. The van der Waals surface area contributed by atoms with Gasteiger partial charge in [-0.2, -0.15) is 0 Å².